The van der Waals surface area contributed by atoms with Crippen LogP contribution in [0, 0.1) is 5.92 Å². The number of carboxylic acid groups (broad SMARTS) is 1. The van der Waals surface area contributed by atoms with Gasteiger partial charge in [-0.15, -0.1) is 11.8 Å². The van der Waals surface area contributed by atoms with Crippen molar-refractivity contribution in [2.75, 3.05) is 11.6 Å². The van der Waals surface area contributed by atoms with Crippen LogP contribution >= 0.6 is 11.8 Å². The van der Waals surface area contributed by atoms with Gasteiger partial charge >= 0.3 is 12.0 Å². The molecule has 6 heteroatoms. The molecule has 2 amide bonds. The molecule has 2 aliphatic rings. The van der Waals surface area contributed by atoms with Crippen molar-refractivity contribution in [1.82, 2.24) is 10.2 Å². The second-order valence-corrected chi connectivity index (χ2v) is 5.55. The predicted molar refractivity (Wildman–Crippen MR) is 61.3 cm³/mol. The van der Waals surface area contributed by atoms with Gasteiger partial charge in [0.2, 0.25) is 0 Å². The SMILES string of the molecule is CC1CC(NC(=O)N2CSC[C@H]2C(=O)O)C1. The van der Waals surface area contributed by atoms with Crippen LogP contribution in [0.25, 0.3) is 0 Å². The molecule has 0 radical (unpaired) electrons. The first-order chi connectivity index (χ1) is 7.58. The van der Waals surface area contributed by atoms with Crippen molar-refractivity contribution in [3.63, 3.8) is 0 Å². The Labute approximate surface area is 98.6 Å². The molecule has 1 saturated carbocycles. The van der Waals surface area contributed by atoms with Crippen LogP contribution in [-0.4, -0.2) is 45.7 Å². The molecule has 0 bridgehead atoms. The number of hydrogen-bond acceptors (Lipinski definition) is 3. The number of carboxylic acids is 1. The monoisotopic (exact) mass is 244 g/mol. The van der Waals surface area contributed by atoms with E-state index in [2.05, 4.69) is 12.2 Å². The summed E-state index contributed by atoms with van der Waals surface area (Å²) in [5.74, 6) is 0.727. The lowest BCUT2D eigenvalue weighted by Gasteiger charge is -2.35. The molecule has 1 aliphatic heterocycles. The summed E-state index contributed by atoms with van der Waals surface area (Å²) in [5.41, 5.74) is 0. The summed E-state index contributed by atoms with van der Waals surface area (Å²) >= 11 is 1.48. The number of carbonyl (C=O) groups excluding carboxylic acids is 1. The quantitative estimate of drug-likeness (QED) is 0.759. The molecule has 1 aliphatic carbocycles. The van der Waals surface area contributed by atoms with Crippen LogP contribution in [0.4, 0.5) is 4.79 Å². The maximum absolute atomic E-state index is 11.8. The number of nitrogens with zero attached hydrogens (tertiary/aromatic N) is 1. The van der Waals surface area contributed by atoms with Gasteiger partial charge in [-0.1, -0.05) is 6.92 Å². The summed E-state index contributed by atoms with van der Waals surface area (Å²) in [6, 6.07) is -0.653. The fourth-order valence-electron chi connectivity index (χ4n) is 2.13. The third-order valence-corrected chi connectivity index (χ3v) is 4.14. The largest absolute Gasteiger partial charge is 0.480 e. The van der Waals surface area contributed by atoms with Crippen LogP contribution in [0.2, 0.25) is 0 Å². The zero-order chi connectivity index (χ0) is 11.7. The number of amides is 2. The van der Waals surface area contributed by atoms with Gasteiger partial charge in [0.25, 0.3) is 0 Å². The number of thioether (sulfide) groups is 1. The fraction of sp³-hybridized carbons (Fsp3) is 0.800. The summed E-state index contributed by atoms with van der Waals surface area (Å²) in [6.45, 7) is 2.15. The van der Waals surface area contributed by atoms with E-state index in [1.165, 1.54) is 16.7 Å². The van der Waals surface area contributed by atoms with E-state index < -0.39 is 12.0 Å². The van der Waals surface area contributed by atoms with Gasteiger partial charge in [0.05, 0.1) is 5.88 Å². The Kier molecular flexibility index (Phi) is 3.28. The smallest absolute Gasteiger partial charge is 0.327 e. The summed E-state index contributed by atoms with van der Waals surface area (Å²) in [7, 11) is 0. The average Bonchev–Trinajstić information content (AvgIpc) is 2.63. The molecule has 2 fully saturated rings. The van der Waals surface area contributed by atoms with E-state index in [0.717, 1.165) is 12.8 Å². The minimum atomic E-state index is -0.915. The molecular formula is C10H16N2O3S. The zero-order valence-corrected chi connectivity index (χ0v) is 10.00. The molecule has 0 aromatic carbocycles. The number of rotatable bonds is 2. The van der Waals surface area contributed by atoms with E-state index >= 15 is 0 Å². The molecule has 0 aromatic heterocycles. The summed E-state index contributed by atoms with van der Waals surface area (Å²) in [4.78, 5) is 24.1. The lowest BCUT2D eigenvalue weighted by atomic mass is 9.82. The molecule has 90 valence electrons. The van der Waals surface area contributed by atoms with Crippen LogP contribution in [0.5, 0.6) is 0 Å². The number of nitrogens with one attached hydrogen (secondary N) is 1. The molecule has 2 rings (SSSR count). The number of urea groups is 1. The first-order valence-corrected chi connectivity index (χ1v) is 6.61. The van der Waals surface area contributed by atoms with Crippen molar-refractivity contribution in [2.24, 2.45) is 5.92 Å². The average molecular weight is 244 g/mol. The molecule has 2 N–H and O–H groups in total. The standard InChI is InChI=1S/C10H16N2O3S/c1-6-2-7(3-6)11-10(15)12-5-16-4-8(12)9(13)14/h6-8H,2-5H2,1H3,(H,11,15)(H,13,14)/t6?,7?,8-/m0/s1. The van der Waals surface area contributed by atoms with Gasteiger partial charge in [0, 0.05) is 11.8 Å². The fourth-order valence-corrected chi connectivity index (χ4v) is 3.27. The van der Waals surface area contributed by atoms with Gasteiger partial charge in [0.1, 0.15) is 6.04 Å². The van der Waals surface area contributed by atoms with Crippen molar-refractivity contribution in [3.8, 4) is 0 Å². The minimum absolute atomic E-state index is 0.227. The number of carbonyl (C=O) groups is 2. The highest BCUT2D eigenvalue weighted by Crippen LogP contribution is 2.27. The predicted octanol–water partition coefficient (Wildman–Crippen LogP) is 0.954. The van der Waals surface area contributed by atoms with E-state index in [1.807, 2.05) is 0 Å². The van der Waals surface area contributed by atoms with Crippen molar-refractivity contribution in [2.45, 2.75) is 31.8 Å². The normalized spacial score (nSPS) is 33.3. The molecule has 1 heterocycles. The van der Waals surface area contributed by atoms with E-state index in [4.69, 9.17) is 5.11 Å². The van der Waals surface area contributed by atoms with Gasteiger partial charge in [-0.05, 0) is 18.8 Å². The lowest BCUT2D eigenvalue weighted by molar-refractivity contribution is -0.140. The van der Waals surface area contributed by atoms with Gasteiger partial charge in [0.15, 0.2) is 0 Å². The minimum Gasteiger partial charge on any atom is -0.480 e. The Morgan fingerprint density at radius 1 is 1.44 bits per heavy atom. The van der Waals surface area contributed by atoms with Gasteiger partial charge in [-0.2, -0.15) is 0 Å². The number of aliphatic carboxylic acids is 1. The topological polar surface area (TPSA) is 69.6 Å². The Morgan fingerprint density at radius 3 is 2.69 bits per heavy atom. The van der Waals surface area contributed by atoms with E-state index in [0.29, 0.717) is 17.5 Å². The molecule has 16 heavy (non-hydrogen) atoms. The Bertz CT molecular complexity index is 304. The molecule has 1 saturated heterocycles. The highest BCUT2D eigenvalue weighted by Gasteiger charge is 2.36. The van der Waals surface area contributed by atoms with Crippen LogP contribution in [0.1, 0.15) is 19.8 Å². The zero-order valence-electron chi connectivity index (χ0n) is 9.18. The second-order valence-electron chi connectivity index (χ2n) is 4.55. The third-order valence-electron chi connectivity index (χ3n) is 3.13. The summed E-state index contributed by atoms with van der Waals surface area (Å²) < 4.78 is 0. The number of hydrogen-bond donors (Lipinski definition) is 2. The third kappa shape index (κ3) is 2.26. The maximum Gasteiger partial charge on any atom is 0.327 e. The first kappa shape index (κ1) is 11.6. The highest BCUT2D eigenvalue weighted by molar-refractivity contribution is 7.99. The van der Waals surface area contributed by atoms with E-state index in [-0.39, 0.29) is 12.1 Å². The van der Waals surface area contributed by atoms with Gasteiger partial charge < -0.3 is 15.3 Å². The van der Waals surface area contributed by atoms with Crippen molar-refractivity contribution >= 4 is 23.8 Å². The van der Waals surface area contributed by atoms with Crippen LogP contribution in [0.15, 0.2) is 0 Å². The highest BCUT2D eigenvalue weighted by atomic mass is 32.2. The van der Waals surface area contributed by atoms with Gasteiger partial charge in [-0.3, -0.25) is 0 Å². The maximum atomic E-state index is 11.8. The van der Waals surface area contributed by atoms with E-state index in [9.17, 15) is 9.59 Å². The molecular weight excluding hydrogens is 228 g/mol. The van der Waals surface area contributed by atoms with Crippen molar-refractivity contribution in [1.29, 1.82) is 0 Å². The molecule has 0 aromatic rings. The molecule has 0 unspecified atom stereocenters. The molecule has 1 atom stereocenters. The summed E-state index contributed by atoms with van der Waals surface area (Å²) in [5, 5.41) is 11.8. The second kappa shape index (κ2) is 4.53. The Hall–Kier alpha value is -0.910. The molecule has 5 nitrogen and oxygen atoms in total. The first-order valence-electron chi connectivity index (χ1n) is 5.45. The van der Waals surface area contributed by atoms with Crippen LogP contribution in [-0.2, 0) is 4.79 Å². The van der Waals surface area contributed by atoms with Crippen molar-refractivity contribution in [3.05, 3.63) is 0 Å². The summed E-state index contributed by atoms with van der Waals surface area (Å²) in [6.07, 6.45) is 2.01. The lowest BCUT2D eigenvalue weighted by Crippen LogP contribution is -2.52. The molecule has 0 spiro atoms. The van der Waals surface area contributed by atoms with Crippen LogP contribution < -0.4 is 5.32 Å². The van der Waals surface area contributed by atoms with Crippen molar-refractivity contribution < 1.29 is 14.7 Å². The van der Waals surface area contributed by atoms with Crippen LogP contribution in [0.3, 0.4) is 0 Å². The Balaban J connectivity index is 1.86. The van der Waals surface area contributed by atoms with Gasteiger partial charge in [-0.25, -0.2) is 9.59 Å². The Morgan fingerprint density at radius 2 is 2.12 bits per heavy atom. The van der Waals surface area contributed by atoms with E-state index in [1.54, 1.807) is 0 Å².